The van der Waals surface area contributed by atoms with Crippen molar-refractivity contribution in [3.8, 4) is 5.75 Å². The molecule has 0 amide bonds. The van der Waals surface area contributed by atoms with Crippen LogP contribution in [-0.2, 0) is 0 Å². The van der Waals surface area contributed by atoms with Crippen molar-refractivity contribution in [2.75, 3.05) is 18.1 Å². The highest BCUT2D eigenvalue weighted by molar-refractivity contribution is 7.99. The van der Waals surface area contributed by atoms with Crippen LogP contribution in [-0.4, -0.2) is 13.2 Å². The zero-order valence-electron chi connectivity index (χ0n) is 16.9. The number of hydrogen-bond donors (Lipinski definition) is 0. The lowest BCUT2D eigenvalue weighted by Crippen LogP contribution is -2.22. The third kappa shape index (κ3) is 5.44. The molecule has 0 saturated heterocycles. The minimum atomic E-state index is 0.820. The number of anilines is 2. The van der Waals surface area contributed by atoms with Gasteiger partial charge in [0.15, 0.2) is 0 Å². The Morgan fingerprint density at radius 2 is 1.52 bits per heavy atom. The molecular weight excluding hydrogens is 350 g/mol. The Morgan fingerprint density at radius 3 is 2.33 bits per heavy atom. The van der Waals surface area contributed by atoms with Gasteiger partial charge in [-0.15, -0.1) is 0 Å². The summed E-state index contributed by atoms with van der Waals surface area (Å²) < 4.78 is 6.02. The first-order chi connectivity index (χ1) is 13.3. The second-order valence-corrected chi connectivity index (χ2v) is 8.40. The number of rotatable bonds is 11. The molecule has 27 heavy (non-hydrogen) atoms. The first-order valence-electron chi connectivity index (χ1n) is 10.6. The van der Waals surface area contributed by atoms with Crippen LogP contribution in [0.1, 0.15) is 65.2 Å². The van der Waals surface area contributed by atoms with E-state index in [1.807, 2.05) is 11.8 Å². The minimum Gasteiger partial charge on any atom is -0.494 e. The molecule has 2 nitrogen and oxygen atoms in total. The van der Waals surface area contributed by atoms with Crippen LogP contribution >= 0.6 is 11.8 Å². The third-order valence-corrected chi connectivity index (χ3v) is 6.21. The maximum absolute atomic E-state index is 6.02. The maximum atomic E-state index is 6.02. The third-order valence-electron chi connectivity index (χ3n) is 5.10. The molecule has 0 spiro atoms. The van der Waals surface area contributed by atoms with Gasteiger partial charge in [-0.3, -0.25) is 0 Å². The number of nitrogens with zero attached hydrogens (tertiary/aromatic N) is 1. The van der Waals surface area contributed by atoms with E-state index >= 15 is 0 Å². The van der Waals surface area contributed by atoms with Crippen molar-refractivity contribution >= 4 is 23.1 Å². The average Bonchev–Trinajstić information content (AvgIpc) is 2.70. The van der Waals surface area contributed by atoms with E-state index in [2.05, 4.69) is 61.2 Å². The summed E-state index contributed by atoms with van der Waals surface area (Å²) in [5, 5.41) is 0. The fourth-order valence-corrected chi connectivity index (χ4v) is 4.68. The zero-order chi connectivity index (χ0) is 18.9. The van der Waals surface area contributed by atoms with Gasteiger partial charge in [-0.25, -0.2) is 0 Å². The number of fused-ring (bicyclic) bond motifs is 2. The van der Waals surface area contributed by atoms with Crippen LogP contribution in [0.2, 0.25) is 0 Å². The minimum absolute atomic E-state index is 0.820. The van der Waals surface area contributed by atoms with E-state index in [4.69, 9.17) is 4.74 Å². The lowest BCUT2D eigenvalue weighted by molar-refractivity contribution is 0.304. The van der Waals surface area contributed by atoms with Gasteiger partial charge in [0.25, 0.3) is 0 Å². The van der Waals surface area contributed by atoms with Gasteiger partial charge in [-0.05, 0) is 43.2 Å². The summed E-state index contributed by atoms with van der Waals surface area (Å²) >= 11 is 1.87. The van der Waals surface area contributed by atoms with Crippen molar-refractivity contribution in [1.82, 2.24) is 0 Å². The lowest BCUT2D eigenvalue weighted by Gasteiger charge is -2.33. The molecule has 0 radical (unpaired) electrons. The molecular formula is C24H33NOS. The van der Waals surface area contributed by atoms with Crippen molar-refractivity contribution < 1.29 is 4.74 Å². The average molecular weight is 384 g/mol. The van der Waals surface area contributed by atoms with Crippen molar-refractivity contribution in [3.05, 3.63) is 42.5 Å². The smallest absolute Gasteiger partial charge is 0.120 e. The van der Waals surface area contributed by atoms with Gasteiger partial charge >= 0.3 is 0 Å². The van der Waals surface area contributed by atoms with Crippen LogP contribution in [0.25, 0.3) is 0 Å². The predicted molar refractivity (Wildman–Crippen MR) is 118 cm³/mol. The topological polar surface area (TPSA) is 12.5 Å². The second kappa shape index (κ2) is 10.7. The predicted octanol–water partition coefficient (Wildman–Crippen LogP) is 7.83. The maximum Gasteiger partial charge on any atom is 0.120 e. The van der Waals surface area contributed by atoms with Gasteiger partial charge in [-0.1, -0.05) is 76.3 Å². The first kappa shape index (κ1) is 20.1. The highest BCUT2D eigenvalue weighted by Crippen LogP contribution is 2.49. The van der Waals surface area contributed by atoms with E-state index in [1.165, 1.54) is 66.1 Å². The normalized spacial score (nSPS) is 12.6. The number of hydrogen-bond acceptors (Lipinski definition) is 3. The summed E-state index contributed by atoms with van der Waals surface area (Å²) in [7, 11) is 0. The molecule has 0 atom stereocenters. The molecule has 3 heteroatoms. The Labute approximate surface area is 169 Å². The molecule has 3 rings (SSSR count). The zero-order valence-corrected chi connectivity index (χ0v) is 17.7. The molecule has 146 valence electrons. The van der Waals surface area contributed by atoms with Crippen LogP contribution in [0.15, 0.2) is 52.3 Å². The molecule has 0 aromatic heterocycles. The van der Waals surface area contributed by atoms with Crippen molar-refractivity contribution in [2.24, 2.45) is 0 Å². The Balaban J connectivity index is 1.71. The van der Waals surface area contributed by atoms with Crippen LogP contribution in [0.5, 0.6) is 5.75 Å². The lowest BCUT2D eigenvalue weighted by atomic mass is 10.1. The molecule has 0 N–H and O–H groups in total. The molecule has 0 unspecified atom stereocenters. The SMILES string of the molecule is CCCCCCOc1ccc2c(c1)Sc1ccccc1N2CCCCCC. The Morgan fingerprint density at radius 1 is 0.778 bits per heavy atom. The van der Waals surface area contributed by atoms with E-state index in [9.17, 15) is 0 Å². The van der Waals surface area contributed by atoms with Gasteiger partial charge < -0.3 is 9.64 Å². The van der Waals surface area contributed by atoms with Gasteiger partial charge in [-0.2, -0.15) is 0 Å². The molecule has 1 heterocycles. The summed E-state index contributed by atoms with van der Waals surface area (Å²) in [5.74, 6) is 1.00. The summed E-state index contributed by atoms with van der Waals surface area (Å²) in [5.41, 5.74) is 2.67. The Bertz CT molecular complexity index is 715. The molecule has 2 aromatic rings. The largest absolute Gasteiger partial charge is 0.494 e. The summed E-state index contributed by atoms with van der Waals surface area (Å²) in [6.45, 7) is 6.42. The molecule has 0 aliphatic carbocycles. The van der Waals surface area contributed by atoms with Crippen molar-refractivity contribution in [1.29, 1.82) is 0 Å². The number of benzene rings is 2. The standard InChI is InChI=1S/C24H33NOS/c1-3-5-7-11-17-25-21-13-9-10-14-23(21)27-24-19-20(15-16-22(24)25)26-18-12-8-6-4-2/h9-10,13-16,19H,3-8,11-12,17-18H2,1-2H3. The second-order valence-electron chi connectivity index (χ2n) is 7.32. The van der Waals surface area contributed by atoms with E-state index in [-0.39, 0.29) is 0 Å². The molecule has 0 bridgehead atoms. The van der Waals surface area contributed by atoms with Gasteiger partial charge in [0.05, 0.1) is 18.0 Å². The van der Waals surface area contributed by atoms with Crippen LogP contribution in [0.3, 0.4) is 0 Å². The highest BCUT2D eigenvalue weighted by Gasteiger charge is 2.23. The quantitative estimate of drug-likeness (QED) is 0.367. The van der Waals surface area contributed by atoms with E-state index in [0.29, 0.717) is 0 Å². The van der Waals surface area contributed by atoms with Gasteiger partial charge in [0.2, 0.25) is 0 Å². The van der Waals surface area contributed by atoms with E-state index in [1.54, 1.807) is 0 Å². The molecule has 0 saturated carbocycles. The van der Waals surface area contributed by atoms with Crippen molar-refractivity contribution in [3.63, 3.8) is 0 Å². The molecule has 2 aromatic carbocycles. The van der Waals surface area contributed by atoms with Crippen LogP contribution in [0.4, 0.5) is 11.4 Å². The molecule has 1 aliphatic rings. The fourth-order valence-electron chi connectivity index (χ4n) is 3.56. The number of para-hydroxylation sites is 1. The summed E-state index contributed by atoms with van der Waals surface area (Å²) in [4.78, 5) is 5.16. The van der Waals surface area contributed by atoms with Crippen molar-refractivity contribution in [2.45, 2.75) is 75.0 Å². The first-order valence-corrected chi connectivity index (χ1v) is 11.5. The van der Waals surface area contributed by atoms with Gasteiger partial charge in [0, 0.05) is 16.3 Å². The molecule has 0 fully saturated rings. The van der Waals surface area contributed by atoms with Gasteiger partial charge in [0.1, 0.15) is 5.75 Å². The Kier molecular flexibility index (Phi) is 7.94. The Hall–Kier alpha value is -1.61. The monoisotopic (exact) mass is 383 g/mol. The highest BCUT2D eigenvalue weighted by atomic mass is 32.2. The molecule has 1 aliphatic heterocycles. The van der Waals surface area contributed by atoms with E-state index < -0.39 is 0 Å². The van der Waals surface area contributed by atoms with E-state index in [0.717, 1.165) is 25.3 Å². The number of unbranched alkanes of at least 4 members (excludes halogenated alkanes) is 6. The summed E-state index contributed by atoms with van der Waals surface area (Å²) in [6.07, 6.45) is 10.1. The van der Waals surface area contributed by atoms with Crippen LogP contribution < -0.4 is 9.64 Å². The summed E-state index contributed by atoms with van der Waals surface area (Å²) in [6, 6.07) is 15.4. The van der Waals surface area contributed by atoms with Crippen LogP contribution in [0, 0.1) is 0 Å². The number of ether oxygens (including phenoxy) is 1. The fraction of sp³-hybridized carbons (Fsp3) is 0.500.